The highest BCUT2D eigenvalue weighted by atomic mass is 16.3. The quantitative estimate of drug-likeness (QED) is 0.208. The standard InChI is InChI=1S/C40H69N7O9/c1-14-23(7)20-27-39(55)44(11)26(10)38(54)47-19-17-16-18-28(47)34(50)43-30(32(48)21(3)4)35(51)42-29(24(8)15-2)40(56)45(12)25(9)37(53)46(13)31(36(52)41-27)33(49)22(5)6/h14,21-33,48-49H,1,15-20H2,2-13H3,(H,41,52)(H,42,51)(H,43,50)/t23?,24-,25-,26-,27-,28-,29-,30-,31-,32?,33?/m0/s1. The van der Waals surface area contributed by atoms with Crippen molar-refractivity contribution in [2.45, 2.75) is 149 Å². The Morgan fingerprint density at radius 3 is 1.77 bits per heavy atom. The molecule has 7 amide bonds. The topological polar surface area (TPSA) is 209 Å². The highest BCUT2D eigenvalue weighted by molar-refractivity contribution is 5.98. The van der Waals surface area contributed by atoms with Gasteiger partial charge in [-0.25, -0.2) is 0 Å². The molecular formula is C40H69N7O9. The average molecular weight is 792 g/mol. The zero-order valence-corrected chi connectivity index (χ0v) is 35.6. The Labute approximate surface area is 333 Å². The van der Waals surface area contributed by atoms with Gasteiger partial charge in [0.1, 0.15) is 42.3 Å². The number of hydrogen-bond acceptors (Lipinski definition) is 9. The van der Waals surface area contributed by atoms with Crippen molar-refractivity contribution in [1.82, 2.24) is 35.6 Å². The summed E-state index contributed by atoms with van der Waals surface area (Å²) in [6, 6.07) is -8.70. The molecule has 0 aromatic heterocycles. The van der Waals surface area contributed by atoms with Gasteiger partial charge in [-0.05, 0) is 63.2 Å². The first-order chi connectivity index (χ1) is 26.0. The summed E-state index contributed by atoms with van der Waals surface area (Å²) in [5.41, 5.74) is 0. The molecule has 2 heterocycles. The molecule has 0 aromatic carbocycles. The number of nitrogens with zero attached hydrogens (tertiary/aromatic N) is 4. The number of rotatable bonds is 9. The van der Waals surface area contributed by atoms with Crippen LogP contribution in [0.1, 0.15) is 94.4 Å². The molecule has 0 aromatic rings. The lowest BCUT2D eigenvalue weighted by molar-refractivity contribution is -0.153. The zero-order chi connectivity index (χ0) is 42.9. The Morgan fingerprint density at radius 2 is 1.23 bits per heavy atom. The molecule has 2 aliphatic heterocycles. The second-order valence-electron chi connectivity index (χ2n) is 16.5. The third-order valence-corrected chi connectivity index (χ3v) is 11.7. The normalized spacial score (nSPS) is 29.6. The van der Waals surface area contributed by atoms with Gasteiger partial charge in [0.25, 0.3) is 0 Å². The number of aliphatic hydroxyl groups is 2. The largest absolute Gasteiger partial charge is 0.390 e. The highest BCUT2D eigenvalue weighted by Gasteiger charge is 2.44. The Balaban J connectivity index is 2.83. The van der Waals surface area contributed by atoms with E-state index in [1.807, 2.05) is 6.92 Å². The number of fused-ring (bicyclic) bond motifs is 1. The van der Waals surface area contributed by atoms with Crippen molar-refractivity contribution in [2.75, 3.05) is 27.7 Å². The van der Waals surface area contributed by atoms with E-state index in [2.05, 4.69) is 22.5 Å². The minimum atomic E-state index is -1.50. The summed E-state index contributed by atoms with van der Waals surface area (Å²) >= 11 is 0. The van der Waals surface area contributed by atoms with E-state index in [-0.39, 0.29) is 25.3 Å². The molecule has 0 saturated carbocycles. The number of likely N-dealkylation sites (N-methyl/N-ethyl adjacent to an activating group) is 3. The van der Waals surface area contributed by atoms with E-state index in [4.69, 9.17) is 0 Å². The first kappa shape index (κ1) is 48.1. The molecular weight excluding hydrogens is 722 g/mol. The minimum absolute atomic E-state index is 0.0848. The number of carbonyl (C=O) groups excluding carboxylic acids is 7. The van der Waals surface area contributed by atoms with Gasteiger partial charge in [-0.3, -0.25) is 33.6 Å². The molecule has 56 heavy (non-hydrogen) atoms. The number of amides is 7. The smallest absolute Gasteiger partial charge is 0.246 e. The second kappa shape index (κ2) is 20.9. The number of nitrogens with one attached hydrogen (secondary N) is 3. The molecule has 16 nitrogen and oxygen atoms in total. The summed E-state index contributed by atoms with van der Waals surface area (Å²) in [7, 11) is 4.15. The lowest BCUT2D eigenvalue weighted by atomic mass is 9.94. The number of allylic oxidation sites excluding steroid dienone is 1. The fourth-order valence-electron chi connectivity index (χ4n) is 7.06. The van der Waals surface area contributed by atoms with E-state index in [0.717, 1.165) is 9.80 Å². The van der Waals surface area contributed by atoms with Gasteiger partial charge in [-0.15, -0.1) is 6.58 Å². The zero-order valence-electron chi connectivity index (χ0n) is 35.6. The van der Waals surface area contributed by atoms with Gasteiger partial charge in [0, 0.05) is 27.7 Å². The minimum Gasteiger partial charge on any atom is -0.390 e. The van der Waals surface area contributed by atoms with Gasteiger partial charge in [0.15, 0.2) is 0 Å². The number of hydrogen-bond donors (Lipinski definition) is 5. The van der Waals surface area contributed by atoms with Crippen LogP contribution in [0, 0.1) is 23.7 Å². The molecule has 0 spiro atoms. The number of aliphatic hydroxyl groups excluding tert-OH is 2. The van der Waals surface area contributed by atoms with E-state index >= 15 is 0 Å². The van der Waals surface area contributed by atoms with Crippen LogP contribution in [0.2, 0.25) is 0 Å². The van der Waals surface area contributed by atoms with Gasteiger partial charge in [-0.1, -0.05) is 61.0 Å². The maximum Gasteiger partial charge on any atom is 0.246 e. The summed E-state index contributed by atoms with van der Waals surface area (Å²) in [5.74, 6) is -6.53. The average Bonchev–Trinajstić information content (AvgIpc) is 3.17. The molecule has 16 heteroatoms. The summed E-state index contributed by atoms with van der Waals surface area (Å²) in [6.45, 7) is 19.1. The first-order valence-electron chi connectivity index (χ1n) is 20.0. The number of piperidine rings is 1. The lowest BCUT2D eigenvalue weighted by Crippen LogP contribution is -2.64. The molecule has 0 aliphatic carbocycles. The molecule has 318 valence electrons. The summed E-state index contributed by atoms with van der Waals surface area (Å²) in [5, 5.41) is 30.8. The van der Waals surface area contributed by atoms with E-state index in [0.29, 0.717) is 19.3 Å². The fourth-order valence-corrected chi connectivity index (χ4v) is 7.06. The second-order valence-corrected chi connectivity index (χ2v) is 16.5. The van der Waals surface area contributed by atoms with Gasteiger partial charge in [0.05, 0.1) is 12.2 Å². The predicted octanol–water partition coefficient (Wildman–Crippen LogP) is 0.648. The Bertz CT molecular complexity index is 1440. The molecule has 0 bridgehead atoms. The maximum atomic E-state index is 14.2. The monoisotopic (exact) mass is 792 g/mol. The third-order valence-electron chi connectivity index (χ3n) is 11.7. The van der Waals surface area contributed by atoms with Crippen LogP contribution in [-0.2, 0) is 33.6 Å². The van der Waals surface area contributed by atoms with Crippen LogP contribution in [0.25, 0.3) is 0 Å². The summed E-state index contributed by atoms with van der Waals surface area (Å²) < 4.78 is 0. The van der Waals surface area contributed by atoms with Gasteiger partial charge in [-0.2, -0.15) is 0 Å². The molecule has 3 unspecified atom stereocenters. The van der Waals surface area contributed by atoms with Crippen LogP contribution in [0.5, 0.6) is 0 Å². The molecule has 5 N–H and O–H groups in total. The third kappa shape index (κ3) is 11.3. The Hall–Kier alpha value is -4.05. The van der Waals surface area contributed by atoms with Gasteiger partial charge < -0.3 is 45.8 Å². The molecule has 11 atom stereocenters. The van der Waals surface area contributed by atoms with Gasteiger partial charge in [0.2, 0.25) is 41.4 Å². The van der Waals surface area contributed by atoms with Crippen LogP contribution in [0.15, 0.2) is 12.7 Å². The summed E-state index contributed by atoms with van der Waals surface area (Å²) in [4.78, 5) is 104. The molecule has 2 aliphatic rings. The SMILES string of the molecule is C=CC(C)C[C@@H]1NC(=O)[C@H](C(O)C(C)C)N(C)C(=O)[C@H](C)N(C)C(=O)[C@H]([C@@H](C)CC)NC(=O)[C@H](C(O)C(C)C)NC(=O)[C@@H]2CCCCN2C(=O)[C@H](C)N(C)C1=O. The molecule has 2 fully saturated rings. The van der Waals surface area contributed by atoms with Crippen LogP contribution in [0.4, 0.5) is 0 Å². The van der Waals surface area contributed by atoms with E-state index < -0.39 is 114 Å². The number of carbonyl (C=O) groups is 7. The highest BCUT2D eigenvalue weighted by Crippen LogP contribution is 2.23. The Kier molecular flexibility index (Phi) is 18.0. The summed E-state index contributed by atoms with van der Waals surface area (Å²) in [6.07, 6.45) is 0.837. The molecule has 2 saturated heterocycles. The van der Waals surface area contributed by atoms with Gasteiger partial charge >= 0.3 is 0 Å². The lowest BCUT2D eigenvalue weighted by Gasteiger charge is -2.39. The maximum absolute atomic E-state index is 14.2. The van der Waals surface area contributed by atoms with Crippen molar-refractivity contribution in [3.8, 4) is 0 Å². The van der Waals surface area contributed by atoms with Crippen LogP contribution < -0.4 is 16.0 Å². The van der Waals surface area contributed by atoms with Crippen LogP contribution in [-0.4, -0.2) is 153 Å². The van der Waals surface area contributed by atoms with Crippen LogP contribution in [0.3, 0.4) is 0 Å². The van der Waals surface area contributed by atoms with Crippen molar-refractivity contribution in [3.05, 3.63) is 12.7 Å². The van der Waals surface area contributed by atoms with E-state index in [1.165, 1.54) is 44.8 Å². The first-order valence-corrected chi connectivity index (χ1v) is 20.0. The van der Waals surface area contributed by atoms with E-state index in [9.17, 15) is 43.8 Å². The predicted molar refractivity (Wildman–Crippen MR) is 211 cm³/mol. The van der Waals surface area contributed by atoms with Crippen molar-refractivity contribution in [1.29, 1.82) is 0 Å². The van der Waals surface area contributed by atoms with Crippen LogP contribution >= 0.6 is 0 Å². The molecule has 2 rings (SSSR count). The van der Waals surface area contributed by atoms with Crippen molar-refractivity contribution in [3.63, 3.8) is 0 Å². The van der Waals surface area contributed by atoms with Crippen molar-refractivity contribution in [2.24, 2.45) is 23.7 Å². The van der Waals surface area contributed by atoms with E-state index in [1.54, 1.807) is 47.6 Å². The Morgan fingerprint density at radius 1 is 0.696 bits per heavy atom. The molecule has 0 radical (unpaired) electrons. The van der Waals surface area contributed by atoms with Crippen molar-refractivity contribution >= 4 is 41.4 Å². The fraction of sp³-hybridized carbons (Fsp3) is 0.775. The van der Waals surface area contributed by atoms with Crippen molar-refractivity contribution < 1.29 is 43.8 Å².